The van der Waals surface area contributed by atoms with Crippen molar-refractivity contribution in [2.75, 3.05) is 0 Å². The molecule has 21 heavy (non-hydrogen) atoms. The molecule has 0 bridgehead atoms. The van der Waals surface area contributed by atoms with Crippen LogP contribution in [0.5, 0.6) is 0 Å². The SMILES string of the molecule is CC1CCCCC1(NC(=O)c1cnc(Cl)c(Cl)c1)C(=O)O. The number of hydrogen-bond acceptors (Lipinski definition) is 3. The van der Waals surface area contributed by atoms with E-state index in [1.165, 1.54) is 12.3 Å². The van der Waals surface area contributed by atoms with Crippen LogP contribution in [0.4, 0.5) is 0 Å². The largest absolute Gasteiger partial charge is 0.479 e. The van der Waals surface area contributed by atoms with Crippen LogP contribution < -0.4 is 5.32 Å². The highest BCUT2D eigenvalue weighted by molar-refractivity contribution is 6.41. The Bertz CT molecular complexity index is 579. The van der Waals surface area contributed by atoms with E-state index in [1.54, 1.807) is 0 Å². The minimum absolute atomic E-state index is 0.104. The van der Waals surface area contributed by atoms with Gasteiger partial charge in [0.25, 0.3) is 5.91 Å². The number of carbonyl (C=O) groups is 2. The Kier molecular flexibility index (Phi) is 4.74. The zero-order valence-corrected chi connectivity index (χ0v) is 13.0. The van der Waals surface area contributed by atoms with Crippen LogP contribution in [0.15, 0.2) is 12.3 Å². The van der Waals surface area contributed by atoms with Crippen molar-refractivity contribution in [2.45, 2.75) is 38.1 Å². The molecule has 2 rings (SSSR count). The van der Waals surface area contributed by atoms with Crippen LogP contribution in [-0.4, -0.2) is 27.5 Å². The van der Waals surface area contributed by atoms with Crippen molar-refractivity contribution >= 4 is 35.1 Å². The molecule has 0 saturated heterocycles. The molecular formula is C14H16Cl2N2O3. The molecule has 1 amide bonds. The van der Waals surface area contributed by atoms with Gasteiger partial charge in [0, 0.05) is 6.20 Å². The molecule has 1 fully saturated rings. The molecule has 114 valence electrons. The van der Waals surface area contributed by atoms with Gasteiger partial charge in [-0.25, -0.2) is 9.78 Å². The van der Waals surface area contributed by atoms with Crippen LogP contribution >= 0.6 is 23.2 Å². The number of carboxylic acids is 1. The molecule has 0 aromatic carbocycles. The highest BCUT2D eigenvalue weighted by atomic mass is 35.5. The van der Waals surface area contributed by atoms with Gasteiger partial charge in [0.2, 0.25) is 0 Å². The van der Waals surface area contributed by atoms with Crippen molar-refractivity contribution in [3.05, 3.63) is 28.0 Å². The second-order valence-electron chi connectivity index (χ2n) is 5.37. The molecule has 2 atom stereocenters. The molecule has 5 nitrogen and oxygen atoms in total. The van der Waals surface area contributed by atoms with Crippen molar-refractivity contribution in [1.82, 2.24) is 10.3 Å². The van der Waals surface area contributed by atoms with E-state index in [2.05, 4.69) is 10.3 Å². The van der Waals surface area contributed by atoms with Crippen LogP contribution in [0.25, 0.3) is 0 Å². The maximum absolute atomic E-state index is 12.3. The Hall–Kier alpha value is -1.33. The Labute approximate surface area is 132 Å². The summed E-state index contributed by atoms with van der Waals surface area (Å²) in [7, 11) is 0. The van der Waals surface area contributed by atoms with Crippen molar-refractivity contribution < 1.29 is 14.7 Å². The summed E-state index contributed by atoms with van der Waals surface area (Å²) >= 11 is 11.5. The number of carbonyl (C=O) groups excluding carboxylic acids is 1. The standard InChI is InChI=1S/C14H16Cl2N2O3/c1-8-4-2-3-5-14(8,13(20)21)18-12(19)9-6-10(15)11(16)17-7-9/h6-8H,2-5H2,1H3,(H,18,19)(H,20,21). The van der Waals surface area contributed by atoms with Gasteiger partial charge in [-0.1, -0.05) is 43.0 Å². The van der Waals surface area contributed by atoms with E-state index in [0.717, 1.165) is 19.3 Å². The normalized spacial score (nSPS) is 25.4. The summed E-state index contributed by atoms with van der Waals surface area (Å²) in [4.78, 5) is 27.8. The molecule has 2 unspecified atom stereocenters. The van der Waals surface area contributed by atoms with Gasteiger partial charge >= 0.3 is 5.97 Å². The molecule has 2 N–H and O–H groups in total. The van der Waals surface area contributed by atoms with Crippen LogP contribution in [0.1, 0.15) is 43.0 Å². The maximum Gasteiger partial charge on any atom is 0.329 e. The van der Waals surface area contributed by atoms with Crippen LogP contribution in [-0.2, 0) is 4.79 Å². The third kappa shape index (κ3) is 3.14. The number of aromatic nitrogens is 1. The third-order valence-electron chi connectivity index (χ3n) is 4.08. The quantitative estimate of drug-likeness (QED) is 0.834. The lowest BCUT2D eigenvalue weighted by atomic mass is 9.73. The number of halogens is 2. The van der Waals surface area contributed by atoms with Crippen molar-refractivity contribution in [3.8, 4) is 0 Å². The average molecular weight is 331 g/mol. The van der Waals surface area contributed by atoms with Gasteiger partial charge in [0.05, 0.1) is 10.6 Å². The molecular weight excluding hydrogens is 315 g/mol. The number of pyridine rings is 1. The van der Waals surface area contributed by atoms with Gasteiger partial charge in [0.1, 0.15) is 10.7 Å². The fourth-order valence-corrected chi connectivity index (χ4v) is 2.99. The first-order valence-corrected chi connectivity index (χ1v) is 7.49. The number of rotatable bonds is 3. The summed E-state index contributed by atoms with van der Waals surface area (Å²) in [6.07, 6.45) is 4.22. The first-order valence-electron chi connectivity index (χ1n) is 6.74. The summed E-state index contributed by atoms with van der Waals surface area (Å²) in [5.41, 5.74) is -1.04. The zero-order valence-electron chi connectivity index (χ0n) is 11.5. The lowest BCUT2D eigenvalue weighted by molar-refractivity contribution is -0.148. The Morgan fingerprint density at radius 2 is 2.14 bits per heavy atom. The zero-order chi connectivity index (χ0) is 15.6. The predicted octanol–water partition coefficient (Wildman–Crippen LogP) is 3.15. The Morgan fingerprint density at radius 1 is 1.43 bits per heavy atom. The number of nitrogens with zero attached hydrogens (tertiary/aromatic N) is 1. The second-order valence-corrected chi connectivity index (χ2v) is 6.14. The fraction of sp³-hybridized carbons (Fsp3) is 0.500. The fourth-order valence-electron chi connectivity index (χ4n) is 2.72. The highest BCUT2D eigenvalue weighted by Crippen LogP contribution is 2.34. The molecule has 1 aromatic rings. The first kappa shape index (κ1) is 16.0. The molecule has 7 heteroatoms. The average Bonchev–Trinajstić information content (AvgIpc) is 2.44. The van der Waals surface area contributed by atoms with Gasteiger partial charge < -0.3 is 10.4 Å². The van der Waals surface area contributed by atoms with Crippen molar-refractivity contribution in [3.63, 3.8) is 0 Å². The van der Waals surface area contributed by atoms with E-state index in [9.17, 15) is 14.7 Å². The summed E-state index contributed by atoms with van der Waals surface area (Å²) in [5.74, 6) is -1.64. The van der Waals surface area contributed by atoms with E-state index >= 15 is 0 Å². The summed E-state index contributed by atoms with van der Waals surface area (Å²) in [5, 5.41) is 12.5. The van der Waals surface area contributed by atoms with E-state index in [4.69, 9.17) is 23.2 Å². The van der Waals surface area contributed by atoms with Gasteiger partial charge in [-0.05, 0) is 24.8 Å². The van der Waals surface area contributed by atoms with Crippen LogP contribution in [0.2, 0.25) is 10.2 Å². The molecule has 0 spiro atoms. The third-order valence-corrected chi connectivity index (χ3v) is 4.76. The molecule has 1 aromatic heterocycles. The number of amides is 1. The minimum Gasteiger partial charge on any atom is -0.479 e. The minimum atomic E-state index is -1.23. The maximum atomic E-state index is 12.3. The summed E-state index contributed by atoms with van der Waals surface area (Å²) in [6, 6.07) is 1.38. The van der Waals surface area contributed by atoms with Crippen molar-refractivity contribution in [1.29, 1.82) is 0 Å². The first-order chi connectivity index (χ1) is 9.86. The van der Waals surface area contributed by atoms with E-state index in [-0.39, 0.29) is 21.7 Å². The molecule has 1 saturated carbocycles. The van der Waals surface area contributed by atoms with Gasteiger partial charge in [-0.15, -0.1) is 0 Å². The number of aliphatic carboxylic acids is 1. The predicted molar refractivity (Wildman–Crippen MR) is 79.7 cm³/mol. The molecule has 1 heterocycles. The van der Waals surface area contributed by atoms with Gasteiger partial charge in [0.15, 0.2) is 0 Å². The smallest absolute Gasteiger partial charge is 0.329 e. The van der Waals surface area contributed by atoms with Crippen LogP contribution in [0, 0.1) is 5.92 Å². The topological polar surface area (TPSA) is 79.3 Å². The Balaban J connectivity index is 2.26. The number of nitrogens with one attached hydrogen (secondary N) is 1. The number of carboxylic acid groups (broad SMARTS) is 1. The molecule has 1 aliphatic carbocycles. The van der Waals surface area contributed by atoms with Gasteiger partial charge in [-0.2, -0.15) is 0 Å². The van der Waals surface area contributed by atoms with Crippen molar-refractivity contribution in [2.24, 2.45) is 5.92 Å². The van der Waals surface area contributed by atoms with E-state index in [0.29, 0.717) is 6.42 Å². The van der Waals surface area contributed by atoms with Gasteiger partial charge in [-0.3, -0.25) is 4.79 Å². The van der Waals surface area contributed by atoms with E-state index in [1.807, 2.05) is 6.92 Å². The second kappa shape index (κ2) is 6.20. The molecule has 0 radical (unpaired) electrons. The lowest BCUT2D eigenvalue weighted by Gasteiger charge is -2.39. The Morgan fingerprint density at radius 3 is 2.71 bits per heavy atom. The van der Waals surface area contributed by atoms with E-state index < -0.39 is 17.4 Å². The molecule has 1 aliphatic rings. The van der Waals surface area contributed by atoms with Crippen LogP contribution in [0.3, 0.4) is 0 Å². The monoisotopic (exact) mass is 330 g/mol. The highest BCUT2D eigenvalue weighted by Gasteiger charge is 2.46. The summed E-state index contributed by atoms with van der Waals surface area (Å²) < 4.78 is 0. The molecule has 0 aliphatic heterocycles. The summed E-state index contributed by atoms with van der Waals surface area (Å²) in [6.45, 7) is 1.85. The number of hydrogen-bond donors (Lipinski definition) is 2. The lowest BCUT2D eigenvalue weighted by Crippen LogP contribution is -2.60.